The van der Waals surface area contributed by atoms with E-state index in [1.807, 2.05) is 35.3 Å². The van der Waals surface area contributed by atoms with Crippen LogP contribution in [-0.2, 0) is 9.53 Å². The lowest BCUT2D eigenvalue weighted by molar-refractivity contribution is -0.117. The lowest BCUT2D eigenvalue weighted by Gasteiger charge is -2.47. The van der Waals surface area contributed by atoms with Crippen molar-refractivity contribution < 1.29 is 9.53 Å². The third-order valence-corrected chi connectivity index (χ3v) is 6.94. The van der Waals surface area contributed by atoms with Crippen molar-refractivity contribution in [2.75, 3.05) is 26.3 Å². The molecule has 1 fully saturated rings. The normalized spacial score (nSPS) is 24.0. The summed E-state index contributed by atoms with van der Waals surface area (Å²) < 4.78 is 5.54. The van der Waals surface area contributed by atoms with Crippen molar-refractivity contribution in [2.24, 2.45) is 5.73 Å². The van der Waals surface area contributed by atoms with Gasteiger partial charge in [0.1, 0.15) is 5.82 Å². The zero-order valence-corrected chi connectivity index (χ0v) is 19.0. The molecule has 0 spiro atoms. The molecule has 0 saturated carbocycles. The van der Waals surface area contributed by atoms with Gasteiger partial charge in [0.15, 0.2) is 5.78 Å². The highest BCUT2D eigenvalue weighted by molar-refractivity contribution is 6.30. The first kappa shape index (κ1) is 21.7. The number of allylic oxidation sites excluding steroid dienone is 3. The van der Waals surface area contributed by atoms with Crippen LogP contribution in [0, 0.1) is 11.3 Å². The molecule has 2 aromatic rings. The molecular weight excluding hydrogens is 436 g/mol. The van der Waals surface area contributed by atoms with Gasteiger partial charge in [-0.25, -0.2) is 5.01 Å². The molecule has 6 nitrogen and oxygen atoms in total. The Kier molecular flexibility index (Phi) is 5.94. The maximum Gasteiger partial charge on any atom is 0.162 e. The molecule has 1 saturated heterocycles. The van der Waals surface area contributed by atoms with Crippen LogP contribution in [0.4, 0.5) is 0 Å². The molecule has 7 heteroatoms. The van der Waals surface area contributed by atoms with E-state index in [2.05, 4.69) is 23.2 Å². The summed E-state index contributed by atoms with van der Waals surface area (Å²) in [5.41, 5.74) is 10.6. The van der Waals surface area contributed by atoms with Crippen LogP contribution < -0.4 is 5.73 Å². The Morgan fingerprint density at radius 2 is 1.70 bits per heavy atom. The monoisotopic (exact) mass is 460 g/mol. The highest BCUT2D eigenvalue weighted by atomic mass is 35.5. The summed E-state index contributed by atoms with van der Waals surface area (Å²) in [5, 5.41) is 14.8. The molecule has 5 rings (SSSR count). The number of nitriles is 1. The van der Waals surface area contributed by atoms with E-state index in [0.717, 1.165) is 16.8 Å². The van der Waals surface area contributed by atoms with Crippen LogP contribution in [0.15, 0.2) is 77.3 Å². The first-order valence-electron chi connectivity index (χ1n) is 11.2. The number of nitrogens with two attached hydrogens (primary N) is 1. The minimum absolute atomic E-state index is 0.0586. The number of benzene rings is 2. The van der Waals surface area contributed by atoms with Gasteiger partial charge in [0.25, 0.3) is 0 Å². The van der Waals surface area contributed by atoms with Crippen LogP contribution in [0.25, 0.3) is 0 Å². The first-order chi connectivity index (χ1) is 16.1. The third-order valence-electron chi connectivity index (χ3n) is 6.69. The van der Waals surface area contributed by atoms with Gasteiger partial charge in [0.05, 0.1) is 30.8 Å². The summed E-state index contributed by atoms with van der Waals surface area (Å²) in [6.07, 6.45) is 1.08. The number of rotatable bonds is 3. The van der Waals surface area contributed by atoms with Crippen molar-refractivity contribution in [3.63, 3.8) is 0 Å². The molecule has 0 unspecified atom stereocenters. The van der Waals surface area contributed by atoms with Crippen molar-refractivity contribution in [1.82, 2.24) is 10.0 Å². The number of halogens is 1. The van der Waals surface area contributed by atoms with E-state index < -0.39 is 5.92 Å². The largest absolute Gasteiger partial charge is 0.383 e. The number of hydrogen-bond acceptors (Lipinski definition) is 6. The third kappa shape index (κ3) is 3.93. The highest BCUT2D eigenvalue weighted by Gasteiger charge is 2.44. The number of Topliss-reactive ketones (excluding diaryl/α,β-unsaturated/α-hetero) is 1. The zero-order chi connectivity index (χ0) is 22.9. The number of morpholine rings is 1. The van der Waals surface area contributed by atoms with Crippen molar-refractivity contribution in [3.05, 3.63) is 93.4 Å². The smallest absolute Gasteiger partial charge is 0.162 e. The summed E-state index contributed by atoms with van der Waals surface area (Å²) in [5.74, 6) is 0.00949. The van der Waals surface area contributed by atoms with Crippen molar-refractivity contribution >= 4 is 17.4 Å². The Morgan fingerprint density at radius 1 is 1.00 bits per heavy atom. The highest BCUT2D eigenvalue weighted by Crippen LogP contribution is 2.48. The molecular formula is C26H25ClN4O2. The van der Waals surface area contributed by atoms with Crippen LogP contribution in [0.3, 0.4) is 0 Å². The molecule has 3 aliphatic rings. The molecule has 2 heterocycles. The molecule has 0 radical (unpaired) electrons. The van der Waals surface area contributed by atoms with Crippen LogP contribution >= 0.6 is 11.6 Å². The Bertz CT molecular complexity index is 1160. The maximum absolute atomic E-state index is 13.7. The number of carbonyl (C=O) groups excluding carboxylic acids is 1. The molecule has 0 aromatic heterocycles. The van der Waals surface area contributed by atoms with E-state index in [0.29, 0.717) is 61.1 Å². The van der Waals surface area contributed by atoms with Gasteiger partial charge in [-0.3, -0.25) is 9.80 Å². The lowest BCUT2D eigenvalue weighted by atomic mass is 9.72. The van der Waals surface area contributed by atoms with Crippen LogP contribution in [-0.4, -0.2) is 42.1 Å². The van der Waals surface area contributed by atoms with E-state index in [1.165, 1.54) is 0 Å². The van der Waals surface area contributed by atoms with E-state index >= 15 is 0 Å². The van der Waals surface area contributed by atoms with Gasteiger partial charge < -0.3 is 10.5 Å². The van der Waals surface area contributed by atoms with E-state index in [9.17, 15) is 10.1 Å². The van der Waals surface area contributed by atoms with Gasteiger partial charge >= 0.3 is 0 Å². The number of hydrazine groups is 1. The summed E-state index contributed by atoms with van der Waals surface area (Å²) in [6, 6.07) is 19.8. The molecule has 2 aliphatic heterocycles. The lowest BCUT2D eigenvalue weighted by Crippen LogP contribution is -2.52. The van der Waals surface area contributed by atoms with Gasteiger partial charge in [-0.15, -0.1) is 0 Å². The standard InChI is InChI=1S/C26H25ClN4O2/c27-20-8-6-18(7-9-20)24-21(16-28)26(29)31(30-10-12-33-13-11-30)22-14-19(15-23(32)25(22)24)17-4-2-1-3-5-17/h1-9,19,24H,10-15,29H2/t19-,24-/m1/s1. The molecule has 0 bridgehead atoms. The molecule has 2 atom stereocenters. The van der Waals surface area contributed by atoms with Crippen LogP contribution in [0.2, 0.25) is 5.02 Å². The Labute approximate surface area is 198 Å². The number of ether oxygens (including phenoxy) is 1. The van der Waals surface area contributed by atoms with Gasteiger partial charge in [-0.05, 0) is 35.6 Å². The predicted molar refractivity (Wildman–Crippen MR) is 126 cm³/mol. The van der Waals surface area contributed by atoms with Gasteiger partial charge in [0.2, 0.25) is 0 Å². The Morgan fingerprint density at radius 3 is 2.36 bits per heavy atom. The number of nitrogens with zero attached hydrogens (tertiary/aromatic N) is 3. The van der Waals surface area contributed by atoms with Crippen LogP contribution in [0.1, 0.15) is 35.8 Å². The van der Waals surface area contributed by atoms with Crippen molar-refractivity contribution in [3.8, 4) is 6.07 Å². The number of hydrogen-bond donors (Lipinski definition) is 1. The SMILES string of the molecule is N#CC1=C(N)N(N2CCOCC2)C2=C(C(=O)C[C@H](c3ccccc3)C2)[C@@H]1c1ccc(Cl)cc1. The predicted octanol–water partition coefficient (Wildman–Crippen LogP) is 4.08. The average Bonchev–Trinajstić information content (AvgIpc) is 2.85. The fourth-order valence-electron chi connectivity index (χ4n) is 5.14. The Balaban J connectivity index is 1.66. The second-order valence-electron chi connectivity index (χ2n) is 8.57. The summed E-state index contributed by atoms with van der Waals surface area (Å²) in [6.45, 7) is 2.44. The van der Waals surface area contributed by atoms with E-state index in [-0.39, 0.29) is 11.7 Å². The van der Waals surface area contributed by atoms with Gasteiger partial charge in [-0.1, -0.05) is 54.1 Å². The van der Waals surface area contributed by atoms with E-state index in [1.54, 1.807) is 12.1 Å². The number of carbonyl (C=O) groups is 1. The van der Waals surface area contributed by atoms with Crippen molar-refractivity contribution in [1.29, 1.82) is 5.26 Å². The molecule has 1 aliphatic carbocycles. The molecule has 2 aromatic carbocycles. The molecule has 2 N–H and O–H groups in total. The minimum atomic E-state index is -0.496. The fraction of sp³-hybridized carbons (Fsp3) is 0.308. The molecule has 168 valence electrons. The minimum Gasteiger partial charge on any atom is -0.383 e. The van der Waals surface area contributed by atoms with Crippen LogP contribution in [0.5, 0.6) is 0 Å². The summed E-state index contributed by atoms with van der Waals surface area (Å²) in [4.78, 5) is 13.7. The maximum atomic E-state index is 13.7. The molecule has 33 heavy (non-hydrogen) atoms. The number of ketones is 1. The first-order valence-corrected chi connectivity index (χ1v) is 11.6. The quantitative estimate of drug-likeness (QED) is 0.743. The van der Waals surface area contributed by atoms with E-state index in [4.69, 9.17) is 22.1 Å². The van der Waals surface area contributed by atoms with Gasteiger partial charge in [-0.2, -0.15) is 5.26 Å². The van der Waals surface area contributed by atoms with Gasteiger partial charge in [0, 0.05) is 35.8 Å². The topological polar surface area (TPSA) is 82.6 Å². The summed E-state index contributed by atoms with van der Waals surface area (Å²) in [7, 11) is 0. The molecule has 0 amide bonds. The summed E-state index contributed by atoms with van der Waals surface area (Å²) >= 11 is 6.12. The van der Waals surface area contributed by atoms with Crippen molar-refractivity contribution in [2.45, 2.75) is 24.7 Å². The average molecular weight is 461 g/mol. The second-order valence-corrected chi connectivity index (χ2v) is 9.01. The zero-order valence-electron chi connectivity index (χ0n) is 18.2. The fourth-order valence-corrected chi connectivity index (χ4v) is 5.26. The second kappa shape index (κ2) is 9.03. The Hall–Kier alpha value is -3.11.